The highest BCUT2D eigenvalue weighted by molar-refractivity contribution is 7.92. The zero-order chi connectivity index (χ0) is 14.6. The van der Waals surface area contributed by atoms with Crippen LogP contribution in [-0.2, 0) is 16.4 Å². The number of aromatic nitrogens is 2. The largest absolute Gasteiger partial charge is 0.330 e. The smallest absolute Gasteiger partial charge is 0.264 e. The zero-order valence-corrected chi connectivity index (χ0v) is 11.4. The first-order valence-corrected chi connectivity index (χ1v) is 7.37. The Kier molecular flexibility index (Phi) is 4.16. The third kappa shape index (κ3) is 3.43. The van der Waals surface area contributed by atoms with Crippen LogP contribution in [0.25, 0.3) is 0 Å². The van der Waals surface area contributed by atoms with Gasteiger partial charge in [-0.25, -0.2) is 13.5 Å². The fourth-order valence-electron chi connectivity index (χ4n) is 1.60. The van der Waals surface area contributed by atoms with Gasteiger partial charge >= 0.3 is 0 Å². The molecular weight excluding hydrogens is 280 g/mol. The summed E-state index contributed by atoms with van der Waals surface area (Å²) in [5, 5.41) is 5.75. The summed E-state index contributed by atoms with van der Waals surface area (Å²) >= 11 is 0. The average Bonchev–Trinajstić information content (AvgIpc) is 2.42. The highest BCUT2D eigenvalue weighted by Gasteiger charge is 2.14. The Hall–Kier alpha value is -2.19. The summed E-state index contributed by atoms with van der Waals surface area (Å²) in [7, 11) is -3.72. The average molecular weight is 294 g/mol. The van der Waals surface area contributed by atoms with Crippen molar-refractivity contribution < 1.29 is 8.42 Å². The van der Waals surface area contributed by atoms with Gasteiger partial charge in [-0.2, -0.15) is 5.10 Å². The number of rotatable bonds is 5. The SMILES string of the molecule is NCCc1ccc(S(=O)(=O)Nc2ccc(=O)[nH]n2)cc1. The van der Waals surface area contributed by atoms with Crippen LogP contribution in [0.5, 0.6) is 0 Å². The predicted molar refractivity (Wildman–Crippen MR) is 74.9 cm³/mol. The Bertz CT molecular complexity index is 718. The van der Waals surface area contributed by atoms with Crippen LogP contribution < -0.4 is 16.0 Å². The minimum absolute atomic E-state index is 0.0515. The lowest BCUT2D eigenvalue weighted by Gasteiger charge is -2.07. The topological polar surface area (TPSA) is 118 Å². The first-order chi connectivity index (χ1) is 9.51. The molecule has 0 saturated heterocycles. The number of hydrogen-bond acceptors (Lipinski definition) is 5. The number of nitrogens with one attached hydrogen (secondary N) is 2. The Balaban J connectivity index is 2.21. The van der Waals surface area contributed by atoms with Gasteiger partial charge in [0.2, 0.25) is 0 Å². The molecule has 0 atom stereocenters. The van der Waals surface area contributed by atoms with Crippen LogP contribution >= 0.6 is 0 Å². The van der Waals surface area contributed by atoms with Gasteiger partial charge in [-0.3, -0.25) is 9.52 Å². The van der Waals surface area contributed by atoms with Crippen molar-refractivity contribution in [3.8, 4) is 0 Å². The second-order valence-electron chi connectivity index (χ2n) is 4.09. The van der Waals surface area contributed by atoms with Gasteiger partial charge in [0, 0.05) is 6.07 Å². The molecule has 0 saturated carbocycles. The lowest BCUT2D eigenvalue weighted by molar-refractivity contribution is 0.601. The quantitative estimate of drug-likeness (QED) is 0.721. The minimum Gasteiger partial charge on any atom is -0.330 e. The second-order valence-corrected chi connectivity index (χ2v) is 5.78. The van der Waals surface area contributed by atoms with Crippen molar-refractivity contribution in [1.29, 1.82) is 0 Å². The molecule has 2 aromatic rings. The van der Waals surface area contributed by atoms with Crippen molar-refractivity contribution in [2.75, 3.05) is 11.3 Å². The van der Waals surface area contributed by atoms with Crippen molar-refractivity contribution in [1.82, 2.24) is 10.2 Å². The van der Waals surface area contributed by atoms with E-state index in [9.17, 15) is 13.2 Å². The van der Waals surface area contributed by atoms with Gasteiger partial charge in [0.25, 0.3) is 15.6 Å². The third-order valence-electron chi connectivity index (χ3n) is 2.58. The number of anilines is 1. The fourth-order valence-corrected chi connectivity index (χ4v) is 2.60. The Morgan fingerprint density at radius 2 is 1.85 bits per heavy atom. The summed E-state index contributed by atoms with van der Waals surface area (Å²) in [6.07, 6.45) is 0.690. The summed E-state index contributed by atoms with van der Waals surface area (Å²) in [4.78, 5) is 11.0. The maximum atomic E-state index is 12.1. The van der Waals surface area contributed by atoms with E-state index < -0.39 is 15.6 Å². The number of nitrogens with two attached hydrogens (primary N) is 1. The van der Waals surface area contributed by atoms with E-state index in [-0.39, 0.29) is 10.7 Å². The van der Waals surface area contributed by atoms with Crippen LogP contribution in [0.15, 0.2) is 46.1 Å². The van der Waals surface area contributed by atoms with E-state index in [2.05, 4.69) is 14.9 Å². The molecule has 0 amide bonds. The number of nitrogens with zero attached hydrogens (tertiary/aromatic N) is 1. The second kappa shape index (κ2) is 5.85. The van der Waals surface area contributed by atoms with E-state index >= 15 is 0 Å². The van der Waals surface area contributed by atoms with E-state index in [4.69, 9.17) is 5.73 Å². The Labute approximate surface area is 115 Å². The van der Waals surface area contributed by atoms with Crippen molar-refractivity contribution in [2.45, 2.75) is 11.3 Å². The molecule has 0 unspecified atom stereocenters. The molecule has 0 bridgehead atoms. The maximum Gasteiger partial charge on any atom is 0.264 e. The molecule has 2 rings (SSSR count). The number of benzene rings is 1. The van der Waals surface area contributed by atoms with Crippen LogP contribution in [0, 0.1) is 0 Å². The molecule has 106 valence electrons. The number of hydrogen-bond donors (Lipinski definition) is 3. The third-order valence-corrected chi connectivity index (χ3v) is 3.96. The molecule has 0 aliphatic rings. The van der Waals surface area contributed by atoms with Crippen LogP contribution in [0.1, 0.15) is 5.56 Å². The monoisotopic (exact) mass is 294 g/mol. The molecule has 4 N–H and O–H groups in total. The molecule has 0 radical (unpaired) electrons. The van der Waals surface area contributed by atoms with Crippen LogP contribution in [0.4, 0.5) is 5.82 Å². The van der Waals surface area contributed by atoms with Gasteiger partial charge in [0.1, 0.15) is 0 Å². The van der Waals surface area contributed by atoms with Crippen molar-refractivity contribution in [3.63, 3.8) is 0 Å². The predicted octanol–water partition coefficient (Wildman–Crippen LogP) is 0.0719. The van der Waals surface area contributed by atoms with Crippen molar-refractivity contribution in [2.24, 2.45) is 5.73 Å². The normalized spacial score (nSPS) is 11.2. The van der Waals surface area contributed by atoms with Gasteiger partial charge in [0.05, 0.1) is 4.90 Å². The van der Waals surface area contributed by atoms with Crippen LogP contribution in [0.2, 0.25) is 0 Å². The van der Waals surface area contributed by atoms with Crippen LogP contribution in [-0.4, -0.2) is 25.2 Å². The molecule has 8 heteroatoms. The van der Waals surface area contributed by atoms with E-state index in [0.29, 0.717) is 13.0 Å². The molecular formula is C12H14N4O3S. The zero-order valence-electron chi connectivity index (χ0n) is 10.5. The summed E-state index contributed by atoms with van der Waals surface area (Å²) in [6.45, 7) is 0.506. The van der Waals surface area contributed by atoms with Gasteiger partial charge in [-0.1, -0.05) is 12.1 Å². The highest BCUT2D eigenvalue weighted by Crippen LogP contribution is 2.14. The molecule has 0 aliphatic carbocycles. The van der Waals surface area contributed by atoms with Gasteiger partial charge in [-0.15, -0.1) is 0 Å². The van der Waals surface area contributed by atoms with E-state index in [1.165, 1.54) is 24.3 Å². The molecule has 1 aromatic carbocycles. The Morgan fingerprint density at radius 3 is 2.40 bits per heavy atom. The molecule has 1 heterocycles. The molecule has 7 nitrogen and oxygen atoms in total. The van der Waals surface area contributed by atoms with E-state index in [0.717, 1.165) is 5.56 Å². The molecule has 1 aromatic heterocycles. The summed E-state index contributed by atoms with van der Waals surface area (Å²) < 4.78 is 26.5. The maximum absolute atomic E-state index is 12.1. The van der Waals surface area contributed by atoms with E-state index in [1.54, 1.807) is 12.1 Å². The van der Waals surface area contributed by atoms with Gasteiger partial charge < -0.3 is 5.73 Å². The molecule has 0 aliphatic heterocycles. The molecule has 0 fully saturated rings. The van der Waals surface area contributed by atoms with Crippen molar-refractivity contribution in [3.05, 3.63) is 52.3 Å². The van der Waals surface area contributed by atoms with Crippen LogP contribution in [0.3, 0.4) is 0 Å². The minimum atomic E-state index is -3.72. The Morgan fingerprint density at radius 1 is 1.15 bits per heavy atom. The number of sulfonamides is 1. The fraction of sp³-hybridized carbons (Fsp3) is 0.167. The molecule has 0 spiro atoms. The molecule has 20 heavy (non-hydrogen) atoms. The summed E-state index contributed by atoms with van der Waals surface area (Å²) in [6, 6.07) is 8.90. The lowest BCUT2D eigenvalue weighted by Crippen LogP contribution is -2.16. The van der Waals surface area contributed by atoms with Crippen molar-refractivity contribution >= 4 is 15.8 Å². The van der Waals surface area contributed by atoms with Gasteiger partial charge in [0.15, 0.2) is 5.82 Å². The number of aromatic amines is 1. The lowest BCUT2D eigenvalue weighted by atomic mass is 10.2. The number of H-pyrrole nitrogens is 1. The first kappa shape index (κ1) is 14.2. The standard InChI is InChI=1S/C12H14N4O3S/c13-8-7-9-1-3-10(4-2-9)20(18,19)16-11-5-6-12(17)15-14-11/h1-6H,7-8,13H2,(H,14,16)(H,15,17). The van der Waals surface area contributed by atoms with Gasteiger partial charge in [-0.05, 0) is 36.7 Å². The van der Waals surface area contributed by atoms with E-state index in [1.807, 2.05) is 0 Å². The highest BCUT2D eigenvalue weighted by atomic mass is 32.2. The first-order valence-electron chi connectivity index (χ1n) is 5.89. The summed E-state index contributed by atoms with van der Waals surface area (Å²) in [5.41, 5.74) is 5.99. The summed E-state index contributed by atoms with van der Waals surface area (Å²) in [5.74, 6) is 0.0515.